The summed E-state index contributed by atoms with van der Waals surface area (Å²) >= 11 is 0. The quantitative estimate of drug-likeness (QED) is 0.555. The van der Waals surface area contributed by atoms with Gasteiger partial charge in [0.15, 0.2) is 0 Å². The summed E-state index contributed by atoms with van der Waals surface area (Å²) in [5.41, 5.74) is 7.22. The lowest BCUT2D eigenvalue weighted by atomic mass is 9.90. The summed E-state index contributed by atoms with van der Waals surface area (Å²) in [6.45, 7) is 0. The van der Waals surface area contributed by atoms with E-state index in [1.54, 1.807) is 0 Å². The molecule has 0 unspecified atom stereocenters. The van der Waals surface area contributed by atoms with Crippen LogP contribution in [0.2, 0.25) is 0 Å². The Bertz CT molecular complexity index is 536. The van der Waals surface area contributed by atoms with Crippen molar-refractivity contribution in [3.8, 4) is 11.3 Å². The third-order valence-corrected chi connectivity index (χ3v) is 2.93. The average Bonchev–Trinajstić information content (AvgIpc) is 2.38. The molecule has 3 N–H and O–H groups in total. The van der Waals surface area contributed by atoms with Crippen molar-refractivity contribution in [1.29, 1.82) is 0 Å². The van der Waals surface area contributed by atoms with Gasteiger partial charge < -0.3 is 0 Å². The summed E-state index contributed by atoms with van der Waals surface area (Å²) < 4.78 is 0. The molecule has 0 amide bonds. The molecular weight excluding hydrogens is 200 g/mol. The van der Waals surface area contributed by atoms with E-state index >= 15 is 0 Å². The van der Waals surface area contributed by atoms with Crippen LogP contribution in [0.4, 0.5) is 5.95 Å². The van der Waals surface area contributed by atoms with Gasteiger partial charge in [-0.15, -0.1) is 0 Å². The number of benzene rings is 1. The number of nitrogens with one attached hydrogen (secondary N) is 1. The maximum Gasteiger partial charge on any atom is 0.237 e. The van der Waals surface area contributed by atoms with E-state index in [0.29, 0.717) is 5.95 Å². The molecule has 3 rings (SSSR count). The molecule has 1 aromatic heterocycles. The number of fused-ring (bicyclic) bond motifs is 3. The molecule has 16 heavy (non-hydrogen) atoms. The van der Waals surface area contributed by atoms with Gasteiger partial charge >= 0.3 is 0 Å². The minimum atomic E-state index is 0.468. The summed E-state index contributed by atoms with van der Waals surface area (Å²) in [5, 5.41) is 0. The third kappa shape index (κ3) is 1.35. The van der Waals surface area contributed by atoms with E-state index in [2.05, 4.69) is 33.6 Å². The molecule has 0 radical (unpaired) electrons. The van der Waals surface area contributed by atoms with Crippen LogP contribution < -0.4 is 11.3 Å². The van der Waals surface area contributed by atoms with E-state index in [-0.39, 0.29) is 0 Å². The van der Waals surface area contributed by atoms with Crippen LogP contribution in [0.1, 0.15) is 11.1 Å². The van der Waals surface area contributed by atoms with Crippen molar-refractivity contribution in [2.75, 3.05) is 5.43 Å². The van der Waals surface area contributed by atoms with Crippen LogP contribution in [-0.4, -0.2) is 9.97 Å². The highest BCUT2D eigenvalue weighted by Gasteiger charge is 2.17. The van der Waals surface area contributed by atoms with E-state index in [1.165, 1.54) is 16.7 Å². The Morgan fingerprint density at radius 1 is 1.12 bits per heavy atom. The molecule has 0 saturated heterocycles. The number of aryl methyl sites for hydroxylation is 2. The maximum atomic E-state index is 5.33. The molecule has 80 valence electrons. The standard InChI is InChI=1S/C12H12N4/c13-16-12-14-7-9-6-5-8-3-1-2-4-10(8)11(9)15-12/h1-4,7H,5-6,13H2,(H,14,15,16). The molecule has 0 spiro atoms. The van der Waals surface area contributed by atoms with E-state index in [0.717, 1.165) is 18.5 Å². The summed E-state index contributed by atoms with van der Waals surface area (Å²) in [6.07, 6.45) is 3.91. The van der Waals surface area contributed by atoms with Crippen molar-refractivity contribution in [1.82, 2.24) is 9.97 Å². The monoisotopic (exact) mass is 212 g/mol. The van der Waals surface area contributed by atoms with Crippen LogP contribution in [0.15, 0.2) is 30.5 Å². The van der Waals surface area contributed by atoms with Gasteiger partial charge in [-0.25, -0.2) is 15.8 Å². The Balaban J connectivity index is 2.22. The predicted molar refractivity (Wildman–Crippen MR) is 62.7 cm³/mol. The van der Waals surface area contributed by atoms with Crippen LogP contribution >= 0.6 is 0 Å². The summed E-state index contributed by atoms with van der Waals surface area (Å²) in [4.78, 5) is 8.56. The molecule has 4 heteroatoms. The van der Waals surface area contributed by atoms with E-state index in [9.17, 15) is 0 Å². The second kappa shape index (κ2) is 3.57. The van der Waals surface area contributed by atoms with Crippen LogP contribution in [0.3, 0.4) is 0 Å². The molecule has 0 fully saturated rings. The Morgan fingerprint density at radius 3 is 2.81 bits per heavy atom. The van der Waals surface area contributed by atoms with Gasteiger partial charge in [0.05, 0.1) is 5.69 Å². The largest absolute Gasteiger partial charge is 0.292 e. The lowest BCUT2D eigenvalue weighted by molar-refractivity contribution is 0.910. The minimum absolute atomic E-state index is 0.468. The van der Waals surface area contributed by atoms with Gasteiger partial charge in [-0.1, -0.05) is 24.3 Å². The normalized spacial score (nSPS) is 12.8. The summed E-state index contributed by atoms with van der Waals surface area (Å²) in [7, 11) is 0. The number of rotatable bonds is 1. The van der Waals surface area contributed by atoms with Crippen molar-refractivity contribution < 1.29 is 0 Å². The lowest BCUT2D eigenvalue weighted by Gasteiger charge is -2.18. The summed E-state index contributed by atoms with van der Waals surface area (Å²) in [5.74, 6) is 5.80. The second-order valence-corrected chi connectivity index (χ2v) is 3.87. The van der Waals surface area contributed by atoms with Gasteiger partial charge in [-0.3, -0.25) is 5.43 Å². The Kier molecular flexibility index (Phi) is 2.08. The number of hydrogen-bond acceptors (Lipinski definition) is 4. The molecule has 1 aliphatic rings. The molecule has 2 aromatic rings. The van der Waals surface area contributed by atoms with Crippen molar-refractivity contribution in [2.24, 2.45) is 5.84 Å². The number of nitrogens with zero attached hydrogens (tertiary/aromatic N) is 2. The number of anilines is 1. The highest BCUT2D eigenvalue weighted by atomic mass is 15.3. The average molecular weight is 212 g/mol. The predicted octanol–water partition coefficient (Wildman–Crippen LogP) is 1.53. The third-order valence-electron chi connectivity index (χ3n) is 2.93. The molecular formula is C12H12N4. The number of hydrogen-bond donors (Lipinski definition) is 2. The van der Waals surface area contributed by atoms with Crippen molar-refractivity contribution in [2.45, 2.75) is 12.8 Å². The van der Waals surface area contributed by atoms with Gasteiger partial charge in [-0.05, 0) is 24.0 Å². The second-order valence-electron chi connectivity index (χ2n) is 3.87. The highest BCUT2D eigenvalue weighted by Crippen LogP contribution is 2.31. The van der Waals surface area contributed by atoms with E-state index in [1.807, 2.05) is 12.3 Å². The Hall–Kier alpha value is -1.94. The van der Waals surface area contributed by atoms with Crippen molar-refractivity contribution >= 4 is 5.95 Å². The minimum Gasteiger partial charge on any atom is -0.292 e. The molecule has 0 atom stereocenters. The van der Waals surface area contributed by atoms with Crippen LogP contribution in [0, 0.1) is 0 Å². The fraction of sp³-hybridized carbons (Fsp3) is 0.167. The first-order chi connectivity index (χ1) is 7.88. The number of nitrogens with two attached hydrogens (primary N) is 1. The van der Waals surface area contributed by atoms with Gasteiger partial charge in [0.2, 0.25) is 5.95 Å². The zero-order chi connectivity index (χ0) is 11.0. The Morgan fingerprint density at radius 2 is 1.94 bits per heavy atom. The zero-order valence-corrected chi connectivity index (χ0v) is 8.77. The van der Waals surface area contributed by atoms with Crippen molar-refractivity contribution in [3.63, 3.8) is 0 Å². The fourth-order valence-corrected chi connectivity index (χ4v) is 2.13. The first-order valence-electron chi connectivity index (χ1n) is 5.29. The van der Waals surface area contributed by atoms with Gasteiger partial charge in [-0.2, -0.15) is 0 Å². The maximum absolute atomic E-state index is 5.33. The van der Waals surface area contributed by atoms with Crippen LogP contribution in [-0.2, 0) is 12.8 Å². The lowest BCUT2D eigenvalue weighted by Crippen LogP contribution is -2.13. The van der Waals surface area contributed by atoms with Gasteiger partial charge in [0.25, 0.3) is 0 Å². The Labute approximate surface area is 93.5 Å². The smallest absolute Gasteiger partial charge is 0.237 e. The number of nitrogen functional groups attached to an aromatic ring is 1. The summed E-state index contributed by atoms with van der Waals surface area (Å²) in [6, 6.07) is 8.34. The molecule has 1 heterocycles. The molecule has 1 aliphatic carbocycles. The molecule has 0 aliphatic heterocycles. The van der Waals surface area contributed by atoms with Crippen LogP contribution in [0.25, 0.3) is 11.3 Å². The van der Waals surface area contributed by atoms with Gasteiger partial charge in [0.1, 0.15) is 0 Å². The molecule has 1 aromatic carbocycles. The molecule has 4 nitrogen and oxygen atoms in total. The van der Waals surface area contributed by atoms with Crippen molar-refractivity contribution in [3.05, 3.63) is 41.6 Å². The van der Waals surface area contributed by atoms with E-state index < -0.39 is 0 Å². The molecule has 0 bridgehead atoms. The van der Waals surface area contributed by atoms with E-state index in [4.69, 9.17) is 5.84 Å². The van der Waals surface area contributed by atoms with Crippen LogP contribution in [0.5, 0.6) is 0 Å². The number of hydrazine groups is 1. The topological polar surface area (TPSA) is 63.8 Å². The first-order valence-corrected chi connectivity index (χ1v) is 5.29. The number of aromatic nitrogens is 2. The fourth-order valence-electron chi connectivity index (χ4n) is 2.13. The highest BCUT2D eigenvalue weighted by molar-refractivity contribution is 5.69. The SMILES string of the molecule is NNc1ncc2c(n1)-c1ccccc1CC2. The van der Waals surface area contributed by atoms with Gasteiger partial charge in [0, 0.05) is 11.8 Å². The first kappa shape index (κ1) is 9.30. The zero-order valence-electron chi connectivity index (χ0n) is 8.77. The molecule has 0 saturated carbocycles.